The van der Waals surface area contributed by atoms with Crippen molar-refractivity contribution in [1.82, 2.24) is 9.21 Å². The van der Waals surface area contributed by atoms with Gasteiger partial charge in [-0.05, 0) is 30.5 Å². The highest BCUT2D eigenvalue weighted by Gasteiger charge is 2.46. The van der Waals surface area contributed by atoms with E-state index >= 15 is 0 Å². The van der Waals surface area contributed by atoms with Gasteiger partial charge in [0.05, 0.1) is 4.90 Å². The number of fused-ring (bicyclic) bond motifs is 2. The summed E-state index contributed by atoms with van der Waals surface area (Å²) in [6, 6.07) is 19.4. The Balaban J connectivity index is 1.53. The molecule has 0 amide bonds. The molecule has 2 heterocycles. The van der Waals surface area contributed by atoms with Gasteiger partial charge in [-0.15, -0.1) is 0 Å². The van der Waals surface area contributed by atoms with Crippen LogP contribution < -0.4 is 0 Å². The molecule has 2 bridgehead atoms. The fourth-order valence-electron chi connectivity index (χ4n) is 4.03. The van der Waals surface area contributed by atoms with Crippen LogP contribution in [0.5, 0.6) is 0 Å². The fraction of sp³-hybridized carbons (Fsp3) is 0.368. The van der Waals surface area contributed by atoms with Gasteiger partial charge in [-0.2, -0.15) is 4.31 Å². The van der Waals surface area contributed by atoms with Gasteiger partial charge in [0.2, 0.25) is 10.0 Å². The lowest BCUT2D eigenvalue weighted by molar-refractivity contribution is 0.123. The van der Waals surface area contributed by atoms with Gasteiger partial charge in [-0.1, -0.05) is 48.5 Å². The third-order valence-corrected chi connectivity index (χ3v) is 7.08. The van der Waals surface area contributed by atoms with Crippen LogP contribution in [0.25, 0.3) is 0 Å². The van der Waals surface area contributed by atoms with Crippen LogP contribution in [0.2, 0.25) is 0 Å². The maximum atomic E-state index is 13.0. The van der Waals surface area contributed by atoms with Crippen LogP contribution in [0.4, 0.5) is 0 Å². The molecule has 4 nitrogen and oxygen atoms in total. The van der Waals surface area contributed by atoms with Gasteiger partial charge in [0, 0.05) is 31.7 Å². The van der Waals surface area contributed by atoms with E-state index in [1.165, 1.54) is 5.56 Å². The zero-order chi connectivity index (χ0) is 16.6. The molecule has 2 unspecified atom stereocenters. The first-order valence-electron chi connectivity index (χ1n) is 8.49. The van der Waals surface area contributed by atoms with Gasteiger partial charge in [0.15, 0.2) is 0 Å². The van der Waals surface area contributed by atoms with E-state index in [1.54, 1.807) is 28.6 Å². The van der Waals surface area contributed by atoms with E-state index in [4.69, 9.17) is 0 Å². The molecule has 2 saturated heterocycles. The molecule has 2 aliphatic heterocycles. The summed E-state index contributed by atoms with van der Waals surface area (Å²) in [6.45, 7) is 2.53. The molecule has 0 spiro atoms. The molecule has 2 atom stereocenters. The molecule has 5 heteroatoms. The monoisotopic (exact) mass is 342 g/mol. The average Bonchev–Trinajstić information content (AvgIpc) is 2.89. The lowest BCUT2D eigenvalue weighted by atomic mass is 10.1. The second-order valence-electron chi connectivity index (χ2n) is 6.71. The summed E-state index contributed by atoms with van der Waals surface area (Å²) in [6.07, 6.45) is 1.92. The van der Waals surface area contributed by atoms with Crippen molar-refractivity contribution < 1.29 is 8.42 Å². The smallest absolute Gasteiger partial charge is 0.243 e. The van der Waals surface area contributed by atoms with Gasteiger partial charge < -0.3 is 0 Å². The summed E-state index contributed by atoms with van der Waals surface area (Å²) in [5.74, 6) is 0. The van der Waals surface area contributed by atoms with Crippen LogP contribution in [-0.4, -0.2) is 42.8 Å². The number of benzene rings is 2. The highest BCUT2D eigenvalue weighted by atomic mass is 32.2. The van der Waals surface area contributed by atoms with Crippen LogP contribution in [-0.2, 0) is 16.6 Å². The van der Waals surface area contributed by atoms with Crippen molar-refractivity contribution in [2.24, 2.45) is 0 Å². The zero-order valence-electron chi connectivity index (χ0n) is 13.6. The summed E-state index contributed by atoms with van der Waals surface area (Å²) < 4.78 is 27.8. The number of sulfonamides is 1. The minimum absolute atomic E-state index is 0.0951. The van der Waals surface area contributed by atoms with Crippen molar-refractivity contribution in [3.05, 3.63) is 66.2 Å². The molecule has 0 aromatic heterocycles. The average molecular weight is 342 g/mol. The topological polar surface area (TPSA) is 40.6 Å². The normalized spacial score (nSPS) is 25.0. The van der Waals surface area contributed by atoms with Crippen LogP contribution in [0.15, 0.2) is 65.6 Å². The lowest BCUT2D eigenvalue weighted by Crippen LogP contribution is -2.55. The predicted octanol–water partition coefficient (Wildman–Crippen LogP) is 2.72. The third-order valence-electron chi connectivity index (χ3n) is 5.06. The Labute approximate surface area is 143 Å². The third kappa shape index (κ3) is 2.88. The number of hydrogen-bond acceptors (Lipinski definition) is 3. The molecular formula is C19H22N2O2S. The molecule has 0 radical (unpaired) electrons. The van der Waals surface area contributed by atoms with E-state index in [0.29, 0.717) is 4.90 Å². The van der Waals surface area contributed by atoms with E-state index in [2.05, 4.69) is 29.2 Å². The minimum Gasteiger partial charge on any atom is -0.296 e. The van der Waals surface area contributed by atoms with E-state index in [-0.39, 0.29) is 12.1 Å². The van der Waals surface area contributed by atoms with Crippen molar-refractivity contribution in [1.29, 1.82) is 0 Å². The Morgan fingerprint density at radius 3 is 1.96 bits per heavy atom. The number of rotatable bonds is 4. The van der Waals surface area contributed by atoms with Gasteiger partial charge in [-0.3, -0.25) is 4.90 Å². The fourth-order valence-corrected chi connectivity index (χ4v) is 5.90. The number of hydrogen-bond donors (Lipinski definition) is 0. The second kappa shape index (κ2) is 6.31. The Bertz CT molecular complexity index is 779. The van der Waals surface area contributed by atoms with Crippen LogP contribution in [0.3, 0.4) is 0 Å². The Morgan fingerprint density at radius 1 is 0.833 bits per heavy atom. The second-order valence-corrected chi connectivity index (χ2v) is 8.56. The van der Waals surface area contributed by atoms with Crippen molar-refractivity contribution in [2.75, 3.05) is 13.1 Å². The molecule has 4 rings (SSSR count). The quantitative estimate of drug-likeness (QED) is 0.858. The largest absolute Gasteiger partial charge is 0.296 e. The maximum absolute atomic E-state index is 13.0. The summed E-state index contributed by atoms with van der Waals surface area (Å²) in [7, 11) is -3.39. The van der Waals surface area contributed by atoms with Crippen LogP contribution in [0.1, 0.15) is 18.4 Å². The first-order chi connectivity index (χ1) is 11.6. The van der Waals surface area contributed by atoms with Crippen molar-refractivity contribution in [2.45, 2.75) is 36.4 Å². The first kappa shape index (κ1) is 15.8. The Hall–Kier alpha value is -1.69. The molecule has 2 aliphatic rings. The summed E-state index contributed by atoms with van der Waals surface area (Å²) >= 11 is 0. The summed E-state index contributed by atoms with van der Waals surface area (Å²) in [5, 5.41) is 0. The van der Waals surface area contributed by atoms with Crippen molar-refractivity contribution >= 4 is 10.0 Å². The van der Waals surface area contributed by atoms with E-state index in [0.717, 1.165) is 32.5 Å². The van der Waals surface area contributed by atoms with E-state index in [1.807, 2.05) is 12.1 Å². The molecule has 0 saturated carbocycles. The number of nitrogens with zero attached hydrogens (tertiary/aromatic N) is 2. The maximum Gasteiger partial charge on any atom is 0.243 e. The van der Waals surface area contributed by atoms with Gasteiger partial charge in [0.25, 0.3) is 0 Å². The van der Waals surface area contributed by atoms with E-state index < -0.39 is 10.0 Å². The molecule has 2 aromatic rings. The van der Waals surface area contributed by atoms with Gasteiger partial charge in [0.1, 0.15) is 0 Å². The molecule has 126 valence electrons. The number of likely N-dealkylation sites (tertiary alicyclic amines) is 1. The first-order valence-corrected chi connectivity index (χ1v) is 9.93. The predicted molar refractivity (Wildman–Crippen MR) is 94.0 cm³/mol. The minimum atomic E-state index is -3.39. The van der Waals surface area contributed by atoms with Crippen molar-refractivity contribution in [3.8, 4) is 0 Å². The van der Waals surface area contributed by atoms with E-state index in [9.17, 15) is 8.42 Å². The SMILES string of the molecule is O=S(=O)(c1ccccc1)N1C2CCC1CN(Cc1ccccc1)C2. The Kier molecular flexibility index (Phi) is 4.16. The molecule has 0 aliphatic carbocycles. The van der Waals surface area contributed by atoms with Crippen molar-refractivity contribution in [3.63, 3.8) is 0 Å². The van der Waals surface area contributed by atoms with Crippen LogP contribution >= 0.6 is 0 Å². The lowest BCUT2D eigenvalue weighted by Gasteiger charge is -2.40. The molecule has 2 fully saturated rings. The van der Waals surface area contributed by atoms with Gasteiger partial charge >= 0.3 is 0 Å². The summed E-state index contributed by atoms with van der Waals surface area (Å²) in [4.78, 5) is 2.81. The zero-order valence-corrected chi connectivity index (χ0v) is 14.4. The standard InChI is InChI=1S/C19H22N2O2S/c22-24(23,19-9-5-2-6-10-19)21-17-11-12-18(21)15-20(14-17)13-16-7-3-1-4-8-16/h1-10,17-18H,11-15H2. The molecule has 0 N–H and O–H groups in total. The highest BCUT2D eigenvalue weighted by molar-refractivity contribution is 7.89. The molecule has 24 heavy (non-hydrogen) atoms. The van der Waals surface area contributed by atoms with Gasteiger partial charge in [-0.25, -0.2) is 8.42 Å². The highest BCUT2D eigenvalue weighted by Crippen LogP contribution is 2.35. The van der Waals surface area contributed by atoms with Crippen LogP contribution in [0, 0.1) is 0 Å². The summed E-state index contributed by atoms with van der Waals surface area (Å²) in [5.41, 5.74) is 1.29. The molecule has 2 aromatic carbocycles. The number of piperazine rings is 1. The Morgan fingerprint density at radius 2 is 1.38 bits per heavy atom. The molecular weight excluding hydrogens is 320 g/mol.